The van der Waals surface area contributed by atoms with Crippen LogP contribution in [-0.4, -0.2) is 17.1 Å². The molecule has 0 radical (unpaired) electrons. The Hall–Kier alpha value is -0.640. The van der Waals surface area contributed by atoms with Crippen molar-refractivity contribution in [3.63, 3.8) is 0 Å². The van der Waals surface area contributed by atoms with Gasteiger partial charge >= 0.3 is 0 Å². The number of nitrogens with zero attached hydrogens (tertiary/aromatic N) is 2. The summed E-state index contributed by atoms with van der Waals surface area (Å²) in [5, 5.41) is 0. The number of hydrogen-bond acceptors (Lipinski definition) is 3. The van der Waals surface area contributed by atoms with Gasteiger partial charge in [-0.05, 0) is 15.9 Å². The van der Waals surface area contributed by atoms with E-state index in [9.17, 15) is 0 Å². The molecule has 0 aliphatic rings. The molecule has 1 aromatic rings. The number of hydrogen-bond donors (Lipinski definition) is 0. The van der Waals surface area contributed by atoms with Gasteiger partial charge in [-0.2, -0.15) is 0 Å². The highest BCUT2D eigenvalue weighted by atomic mass is 79.9. The molecule has 0 atom stereocenters. The predicted molar refractivity (Wildman–Crippen MR) is 36.3 cm³/mol. The Morgan fingerprint density at radius 2 is 2.44 bits per heavy atom. The minimum Gasteiger partial charge on any atom is -0.492 e. The molecule has 0 saturated heterocycles. The number of methoxy groups -OCH3 is 1. The number of halogens is 1. The largest absolute Gasteiger partial charge is 0.492 e. The van der Waals surface area contributed by atoms with Crippen LogP contribution in [0.25, 0.3) is 0 Å². The lowest BCUT2D eigenvalue weighted by Crippen LogP contribution is -1.87. The van der Waals surface area contributed by atoms with Crippen LogP contribution in [0, 0.1) is 0 Å². The van der Waals surface area contributed by atoms with Gasteiger partial charge in [-0.15, -0.1) is 0 Å². The molecule has 0 amide bonds. The van der Waals surface area contributed by atoms with Crippen LogP contribution in [0.3, 0.4) is 0 Å². The molecule has 0 saturated carbocycles. The Morgan fingerprint density at radius 3 is 2.89 bits per heavy atom. The SMILES string of the molecule is COc1cncnc1Br. The van der Waals surface area contributed by atoms with Crippen LogP contribution in [-0.2, 0) is 0 Å². The minimum absolute atomic E-state index is 0.650. The van der Waals surface area contributed by atoms with Crippen LogP contribution in [0.2, 0.25) is 0 Å². The van der Waals surface area contributed by atoms with Crippen LogP contribution < -0.4 is 4.74 Å². The highest BCUT2D eigenvalue weighted by molar-refractivity contribution is 9.10. The molecule has 0 aliphatic carbocycles. The summed E-state index contributed by atoms with van der Waals surface area (Å²) in [5.41, 5.74) is 0. The van der Waals surface area contributed by atoms with Gasteiger partial charge in [0.05, 0.1) is 13.3 Å². The lowest BCUT2D eigenvalue weighted by molar-refractivity contribution is 0.407. The van der Waals surface area contributed by atoms with E-state index in [1.807, 2.05) is 0 Å². The van der Waals surface area contributed by atoms with E-state index in [0.29, 0.717) is 10.4 Å². The van der Waals surface area contributed by atoms with Crippen molar-refractivity contribution in [2.75, 3.05) is 7.11 Å². The zero-order chi connectivity index (χ0) is 6.69. The summed E-state index contributed by atoms with van der Waals surface area (Å²) in [6.07, 6.45) is 3.05. The molecule has 9 heavy (non-hydrogen) atoms. The van der Waals surface area contributed by atoms with Crippen LogP contribution in [0.1, 0.15) is 0 Å². The topological polar surface area (TPSA) is 35.0 Å². The Morgan fingerprint density at radius 1 is 1.67 bits per heavy atom. The zero-order valence-corrected chi connectivity index (χ0v) is 6.42. The lowest BCUT2D eigenvalue weighted by atomic mass is 10.6. The second-order valence-corrected chi connectivity index (χ2v) is 2.13. The summed E-state index contributed by atoms with van der Waals surface area (Å²) >= 11 is 3.18. The van der Waals surface area contributed by atoms with Crippen molar-refractivity contribution in [3.8, 4) is 5.75 Å². The maximum absolute atomic E-state index is 4.87. The lowest BCUT2D eigenvalue weighted by Gasteiger charge is -1.97. The molecule has 0 bridgehead atoms. The van der Waals surface area contributed by atoms with Crippen molar-refractivity contribution in [1.29, 1.82) is 0 Å². The third-order valence-electron chi connectivity index (χ3n) is 0.853. The molecule has 0 N–H and O–H groups in total. The number of aromatic nitrogens is 2. The van der Waals surface area contributed by atoms with Gasteiger partial charge < -0.3 is 4.74 Å². The molecule has 3 nitrogen and oxygen atoms in total. The van der Waals surface area contributed by atoms with Crippen molar-refractivity contribution < 1.29 is 4.74 Å². The second-order valence-electron chi connectivity index (χ2n) is 1.38. The second kappa shape index (κ2) is 2.77. The average Bonchev–Trinajstić information content (AvgIpc) is 1.89. The molecular formula is C5H5BrN2O. The van der Waals surface area contributed by atoms with Crippen LogP contribution in [0.5, 0.6) is 5.75 Å². The summed E-state index contributed by atoms with van der Waals surface area (Å²) in [6, 6.07) is 0. The molecule has 1 rings (SSSR count). The van der Waals surface area contributed by atoms with Crippen molar-refractivity contribution in [2.45, 2.75) is 0 Å². The van der Waals surface area contributed by atoms with Gasteiger partial charge in [0.2, 0.25) is 0 Å². The molecule has 0 aromatic carbocycles. The smallest absolute Gasteiger partial charge is 0.169 e. The van der Waals surface area contributed by atoms with E-state index < -0.39 is 0 Å². The predicted octanol–water partition coefficient (Wildman–Crippen LogP) is 1.25. The fraction of sp³-hybridized carbons (Fsp3) is 0.200. The molecular weight excluding hydrogens is 184 g/mol. The number of rotatable bonds is 1. The molecule has 1 aromatic heterocycles. The molecule has 0 aliphatic heterocycles. The van der Waals surface area contributed by atoms with Crippen molar-refractivity contribution in [2.24, 2.45) is 0 Å². The van der Waals surface area contributed by atoms with Gasteiger partial charge in [0.1, 0.15) is 6.33 Å². The van der Waals surface area contributed by atoms with Gasteiger partial charge in [-0.25, -0.2) is 9.97 Å². The first-order chi connectivity index (χ1) is 4.34. The highest BCUT2D eigenvalue weighted by Gasteiger charge is 1.96. The zero-order valence-electron chi connectivity index (χ0n) is 4.84. The first kappa shape index (κ1) is 6.48. The third-order valence-corrected chi connectivity index (χ3v) is 1.45. The average molecular weight is 189 g/mol. The number of ether oxygens (including phenoxy) is 1. The maximum Gasteiger partial charge on any atom is 0.169 e. The van der Waals surface area contributed by atoms with E-state index in [1.54, 1.807) is 13.3 Å². The maximum atomic E-state index is 4.87. The Kier molecular flexibility index (Phi) is 2.00. The standard InChI is InChI=1S/C5H5BrN2O/c1-9-4-2-7-3-8-5(4)6/h2-3H,1H3. The summed E-state index contributed by atoms with van der Waals surface area (Å²) in [5.74, 6) is 0.650. The van der Waals surface area contributed by atoms with Gasteiger partial charge in [0.25, 0.3) is 0 Å². The van der Waals surface area contributed by atoms with Crippen LogP contribution >= 0.6 is 15.9 Å². The molecule has 0 fully saturated rings. The van der Waals surface area contributed by atoms with Gasteiger partial charge in [0, 0.05) is 0 Å². The molecule has 48 valence electrons. The molecule has 4 heteroatoms. The first-order valence-electron chi connectivity index (χ1n) is 2.34. The van der Waals surface area contributed by atoms with Crippen LogP contribution in [0.4, 0.5) is 0 Å². The van der Waals surface area contributed by atoms with Crippen LogP contribution in [0.15, 0.2) is 17.1 Å². The Balaban J connectivity index is 3.01. The van der Waals surface area contributed by atoms with Crippen molar-refractivity contribution in [1.82, 2.24) is 9.97 Å². The van der Waals surface area contributed by atoms with E-state index in [0.717, 1.165) is 0 Å². The highest BCUT2D eigenvalue weighted by Crippen LogP contribution is 2.18. The molecule has 0 unspecified atom stereocenters. The van der Waals surface area contributed by atoms with Crippen molar-refractivity contribution >= 4 is 15.9 Å². The van der Waals surface area contributed by atoms with E-state index in [2.05, 4.69) is 25.9 Å². The third kappa shape index (κ3) is 1.38. The van der Waals surface area contributed by atoms with Crippen molar-refractivity contribution in [3.05, 3.63) is 17.1 Å². The summed E-state index contributed by atoms with van der Waals surface area (Å²) in [6.45, 7) is 0. The molecule has 1 heterocycles. The summed E-state index contributed by atoms with van der Waals surface area (Å²) < 4.78 is 5.55. The Bertz CT molecular complexity index is 204. The summed E-state index contributed by atoms with van der Waals surface area (Å²) in [4.78, 5) is 7.58. The van der Waals surface area contributed by atoms with Gasteiger partial charge in [-0.1, -0.05) is 0 Å². The van der Waals surface area contributed by atoms with Gasteiger partial charge in [-0.3, -0.25) is 0 Å². The normalized spacial score (nSPS) is 9.11. The molecule has 0 spiro atoms. The van der Waals surface area contributed by atoms with Gasteiger partial charge in [0.15, 0.2) is 10.4 Å². The Labute approximate surface area is 61.2 Å². The van der Waals surface area contributed by atoms with E-state index >= 15 is 0 Å². The van der Waals surface area contributed by atoms with E-state index in [-0.39, 0.29) is 0 Å². The fourth-order valence-corrected chi connectivity index (χ4v) is 0.795. The van der Waals surface area contributed by atoms with E-state index in [1.165, 1.54) is 6.33 Å². The quantitative estimate of drug-likeness (QED) is 0.623. The minimum atomic E-state index is 0.650. The first-order valence-corrected chi connectivity index (χ1v) is 3.13. The monoisotopic (exact) mass is 188 g/mol. The summed E-state index contributed by atoms with van der Waals surface area (Å²) in [7, 11) is 1.57. The van der Waals surface area contributed by atoms with E-state index in [4.69, 9.17) is 4.74 Å². The fourth-order valence-electron chi connectivity index (χ4n) is 0.439.